The summed E-state index contributed by atoms with van der Waals surface area (Å²) in [6, 6.07) is 0. The number of rotatable bonds is 3. The van der Waals surface area contributed by atoms with Crippen molar-refractivity contribution in [3.05, 3.63) is 21.6 Å². The molecule has 1 atom stereocenters. The predicted molar refractivity (Wildman–Crippen MR) is 43.8 cm³/mol. The quantitative estimate of drug-likeness (QED) is 0.502. The van der Waals surface area contributed by atoms with Gasteiger partial charge in [0.15, 0.2) is 0 Å². The Hall–Kier alpha value is -1.56. The van der Waals surface area contributed by atoms with Gasteiger partial charge in [-0.3, -0.25) is 15.0 Å². The number of aliphatic hydroxyl groups excluding tert-OH is 1. The van der Waals surface area contributed by atoms with Crippen LogP contribution in [-0.4, -0.2) is 32.5 Å². The average molecular weight is 186 g/mol. The predicted octanol–water partition coefficient (Wildman–Crippen LogP) is -0.676. The number of carboxylic acids is 1. The van der Waals surface area contributed by atoms with Gasteiger partial charge in [0, 0.05) is 6.42 Å². The number of carboxylic acid groups (broad SMARTS) is 1. The van der Waals surface area contributed by atoms with Crippen LogP contribution < -0.4 is 5.56 Å². The van der Waals surface area contributed by atoms with Gasteiger partial charge in [-0.2, -0.15) is 0 Å². The lowest BCUT2D eigenvalue weighted by molar-refractivity contribution is 0.0688. The summed E-state index contributed by atoms with van der Waals surface area (Å²) < 4.78 is 0. The number of hydrogen-bond acceptors (Lipinski definition) is 3. The third-order valence-electron chi connectivity index (χ3n) is 1.59. The topological polar surface area (TPSA) is 106 Å². The number of nitrogens with one attached hydrogen (secondary N) is 2. The fraction of sp³-hybridized carbons (Fsp3) is 0.429. The fourth-order valence-electron chi connectivity index (χ4n) is 1.06. The summed E-state index contributed by atoms with van der Waals surface area (Å²) in [4.78, 5) is 21.6. The summed E-state index contributed by atoms with van der Waals surface area (Å²) in [6.45, 7) is 1.48. The van der Waals surface area contributed by atoms with E-state index in [0.29, 0.717) is 0 Å². The molecular weight excluding hydrogens is 176 g/mol. The Bertz CT molecular complexity index is 363. The number of aromatic amines is 2. The Balaban J connectivity index is 3.09. The van der Waals surface area contributed by atoms with Gasteiger partial charge >= 0.3 is 5.97 Å². The molecule has 6 nitrogen and oxygen atoms in total. The highest BCUT2D eigenvalue weighted by molar-refractivity contribution is 5.86. The summed E-state index contributed by atoms with van der Waals surface area (Å²) in [5.41, 5.74) is -0.619. The maximum Gasteiger partial charge on any atom is 0.354 e. The second kappa shape index (κ2) is 3.44. The first-order chi connectivity index (χ1) is 6.02. The zero-order chi connectivity index (χ0) is 10.0. The van der Waals surface area contributed by atoms with Crippen molar-refractivity contribution in [2.45, 2.75) is 19.4 Å². The Kier molecular flexibility index (Phi) is 2.52. The molecule has 0 spiro atoms. The number of H-pyrrole nitrogens is 2. The van der Waals surface area contributed by atoms with Crippen LogP contribution >= 0.6 is 0 Å². The number of carbonyl (C=O) groups is 1. The van der Waals surface area contributed by atoms with Gasteiger partial charge in [0.1, 0.15) is 5.69 Å². The van der Waals surface area contributed by atoms with E-state index in [1.54, 1.807) is 0 Å². The van der Waals surface area contributed by atoms with Crippen LogP contribution in [0.4, 0.5) is 0 Å². The van der Waals surface area contributed by atoms with Crippen LogP contribution in [0.1, 0.15) is 23.0 Å². The van der Waals surface area contributed by atoms with Crippen molar-refractivity contribution in [1.29, 1.82) is 0 Å². The molecule has 0 saturated carbocycles. The van der Waals surface area contributed by atoms with Crippen LogP contribution in [0.15, 0.2) is 4.79 Å². The van der Waals surface area contributed by atoms with E-state index in [-0.39, 0.29) is 17.7 Å². The molecule has 13 heavy (non-hydrogen) atoms. The molecule has 72 valence electrons. The first-order valence-electron chi connectivity index (χ1n) is 3.73. The molecule has 1 heterocycles. The second-order valence-corrected chi connectivity index (χ2v) is 2.79. The summed E-state index contributed by atoms with van der Waals surface area (Å²) in [5, 5.41) is 22.0. The number of hydrogen-bond donors (Lipinski definition) is 4. The van der Waals surface area contributed by atoms with Gasteiger partial charge in [-0.25, -0.2) is 4.79 Å². The zero-order valence-corrected chi connectivity index (χ0v) is 7.00. The molecule has 6 heteroatoms. The van der Waals surface area contributed by atoms with Gasteiger partial charge in [0.2, 0.25) is 0 Å². The van der Waals surface area contributed by atoms with Crippen LogP contribution in [0.5, 0.6) is 0 Å². The SMILES string of the molecule is C[C@H](O)Cc1c(C(=O)O)[nH][nH]c1=O. The molecule has 0 aliphatic heterocycles. The van der Waals surface area contributed by atoms with Gasteiger partial charge in [-0.15, -0.1) is 0 Å². The molecule has 0 fully saturated rings. The van der Waals surface area contributed by atoms with E-state index in [2.05, 4.69) is 10.2 Å². The standard InChI is InChI=1S/C7H10N2O4/c1-3(10)2-4-5(7(12)13)8-9-6(4)11/h3,10H,2H2,1H3,(H,12,13)(H2,8,9,11)/t3-/m0/s1. The van der Waals surface area contributed by atoms with Gasteiger partial charge in [0.05, 0.1) is 11.7 Å². The third-order valence-corrected chi connectivity index (χ3v) is 1.59. The van der Waals surface area contributed by atoms with Crippen molar-refractivity contribution in [2.24, 2.45) is 0 Å². The first kappa shape index (κ1) is 9.53. The minimum absolute atomic E-state index is 0.0282. The number of aromatic carboxylic acids is 1. The van der Waals surface area contributed by atoms with E-state index in [4.69, 9.17) is 10.2 Å². The van der Waals surface area contributed by atoms with E-state index >= 15 is 0 Å². The van der Waals surface area contributed by atoms with Crippen molar-refractivity contribution in [2.75, 3.05) is 0 Å². The van der Waals surface area contributed by atoms with Crippen LogP contribution in [0, 0.1) is 0 Å². The molecule has 0 amide bonds. The Morgan fingerprint density at radius 3 is 2.62 bits per heavy atom. The molecule has 1 rings (SSSR count). The van der Waals surface area contributed by atoms with E-state index in [0.717, 1.165) is 0 Å². The molecule has 0 unspecified atom stereocenters. The zero-order valence-electron chi connectivity index (χ0n) is 7.00. The molecular formula is C7H10N2O4. The molecule has 0 radical (unpaired) electrons. The van der Waals surface area contributed by atoms with Crippen molar-refractivity contribution >= 4 is 5.97 Å². The van der Waals surface area contributed by atoms with Gasteiger partial charge in [-0.05, 0) is 6.92 Å². The minimum Gasteiger partial charge on any atom is -0.477 e. The van der Waals surface area contributed by atoms with E-state index in [1.807, 2.05) is 0 Å². The van der Waals surface area contributed by atoms with Gasteiger partial charge in [-0.1, -0.05) is 0 Å². The van der Waals surface area contributed by atoms with Gasteiger partial charge < -0.3 is 10.2 Å². The smallest absolute Gasteiger partial charge is 0.354 e. The molecule has 1 aromatic heterocycles. The Morgan fingerprint density at radius 1 is 1.54 bits per heavy atom. The molecule has 0 aliphatic rings. The van der Waals surface area contributed by atoms with E-state index in [1.165, 1.54) is 6.92 Å². The lowest BCUT2D eigenvalue weighted by Crippen LogP contribution is -2.15. The van der Waals surface area contributed by atoms with Gasteiger partial charge in [0.25, 0.3) is 5.56 Å². The monoisotopic (exact) mass is 186 g/mol. The minimum atomic E-state index is -1.21. The van der Waals surface area contributed by atoms with Crippen molar-refractivity contribution in [1.82, 2.24) is 10.2 Å². The average Bonchev–Trinajstić information content (AvgIpc) is 2.32. The van der Waals surface area contributed by atoms with Crippen LogP contribution in [0.2, 0.25) is 0 Å². The lowest BCUT2D eigenvalue weighted by atomic mass is 10.1. The summed E-state index contributed by atoms with van der Waals surface area (Å²) >= 11 is 0. The Labute approximate surface area is 73.2 Å². The molecule has 1 aromatic rings. The number of aromatic nitrogens is 2. The molecule has 4 N–H and O–H groups in total. The van der Waals surface area contributed by atoms with Crippen molar-refractivity contribution < 1.29 is 15.0 Å². The van der Waals surface area contributed by atoms with E-state index in [9.17, 15) is 9.59 Å². The highest BCUT2D eigenvalue weighted by Crippen LogP contribution is 2.02. The fourth-order valence-corrected chi connectivity index (χ4v) is 1.06. The molecule has 0 bridgehead atoms. The second-order valence-electron chi connectivity index (χ2n) is 2.79. The van der Waals surface area contributed by atoms with Crippen molar-refractivity contribution in [3.8, 4) is 0 Å². The summed E-state index contributed by atoms with van der Waals surface area (Å²) in [6.07, 6.45) is -0.713. The highest BCUT2D eigenvalue weighted by Gasteiger charge is 2.17. The van der Waals surface area contributed by atoms with Crippen LogP contribution in [-0.2, 0) is 6.42 Å². The Morgan fingerprint density at radius 2 is 2.15 bits per heavy atom. The highest BCUT2D eigenvalue weighted by atomic mass is 16.4. The maximum atomic E-state index is 11.0. The normalized spacial score (nSPS) is 12.8. The van der Waals surface area contributed by atoms with E-state index < -0.39 is 17.6 Å². The molecule has 0 saturated heterocycles. The maximum absolute atomic E-state index is 11.0. The number of aliphatic hydroxyl groups is 1. The lowest BCUT2D eigenvalue weighted by Gasteiger charge is -2.00. The first-order valence-corrected chi connectivity index (χ1v) is 3.73. The largest absolute Gasteiger partial charge is 0.477 e. The summed E-state index contributed by atoms with van der Waals surface area (Å²) in [5.74, 6) is -1.21. The summed E-state index contributed by atoms with van der Waals surface area (Å²) in [7, 11) is 0. The van der Waals surface area contributed by atoms with Crippen LogP contribution in [0.3, 0.4) is 0 Å². The molecule has 0 aliphatic carbocycles. The van der Waals surface area contributed by atoms with Crippen molar-refractivity contribution in [3.63, 3.8) is 0 Å². The van der Waals surface area contributed by atoms with Crippen LogP contribution in [0.25, 0.3) is 0 Å². The third kappa shape index (κ3) is 1.97. The molecule has 0 aromatic carbocycles.